The standard InChI is InChI=1S/C12H19N3O3/c1-3-17-8-12(16)13-6-10-9-7-18-5-4-11(9)15(2)14-10/h3-8H2,1-2H3,(H,13,16). The molecule has 0 spiro atoms. The third kappa shape index (κ3) is 2.88. The number of carbonyl (C=O) groups is 1. The van der Waals surface area contributed by atoms with Crippen LogP contribution in [0.5, 0.6) is 0 Å². The van der Waals surface area contributed by atoms with Gasteiger partial charge in [-0.2, -0.15) is 5.10 Å². The second-order valence-electron chi connectivity index (χ2n) is 4.21. The van der Waals surface area contributed by atoms with Crippen LogP contribution >= 0.6 is 0 Å². The molecule has 1 N–H and O–H groups in total. The number of hydrogen-bond acceptors (Lipinski definition) is 4. The molecule has 2 rings (SSSR count). The molecule has 1 aromatic heterocycles. The molecule has 6 nitrogen and oxygen atoms in total. The molecule has 0 unspecified atom stereocenters. The maximum absolute atomic E-state index is 11.4. The van der Waals surface area contributed by atoms with E-state index in [0.29, 0.717) is 19.8 Å². The Morgan fingerprint density at radius 3 is 3.22 bits per heavy atom. The normalized spacial score (nSPS) is 14.3. The van der Waals surface area contributed by atoms with Crippen molar-refractivity contribution >= 4 is 5.91 Å². The number of aryl methyl sites for hydroxylation is 1. The van der Waals surface area contributed by atoms with Gasteiger partial charge in [0.2, 0.25) is 5.91 Å². The lowest BCUT2D eigenvalue weighted by atomic mass is 10.1. The fraction of sp³-hybridized carbons (Fsp3) is 0.667. The van der Waals surface area contributed by atoms with Crippen LogP contribution in [0.2, 0.25) is 0 Å². The molecule has 1 aromatic rings. The van der Waals surface area contributed by atoms with Crippen molar-refractivity contribution < 1.29 is 14.3 Å². The zero-order chi connectivity index (χ0) is 13.0. The van der Waals surface area contributed by atoms with Crippen molar-refractivity contribution in [2.45, 2.75) is 26.5 Å². The van der Waals surface area contributed by atoms with Gasteiger partial charge in [0.05, 0.1) is 25.5 Å². The van der Waals surface area contributed by atoms with E-state index in [1.54, 1.807) is 0 Å². The zero-order valence-corrected chi connectivity index (χ0v) is 10.9. The van der Waals surface area contributed by atoms with Gasteiger partial charge in [-0.15, -0.1) is 0 Å². The molecule has 0 bridgehead atoms. The molecule has 0 saturated carbocycles. The molecule has 1 aliphatic heterocycles. The van der Waals surface area contributed by atoms with Gasteiger partial charge in [-0.05, 0) is 6.92 Å². The monoisotopic (exact) mass is 253 g/mol. The topological polar surface area (TPSA) is 65.4 Å². The highest BCUT2D eigenvalue weighted by molar-refractivity contribution is 5.77. The highest BCUT2D eigenvalue weighted by Crippen LogP contribution is 2.19. The molecule has 1 aliphatic rings. The van der Waals surface area contributed by atoms with Crippen LogP contribution in [-0.2, 0) is 40.9 Å². The van der Waals surface area contributed by atoms with Crippen LogP contribution in [0.1, 0.15) is 23.9 Å². The quantitative estimate of drug-likeness (QED) is 0.811. The van der Waals surface area contributed by atoms with Crippen LogP contribution in [0, 0.1) is 0 Å². The van der Waals surface area contributed by atoms with Crippen LogP contribution in [0.3, 0.4) is 0 Å². The second-order valence-corrected chi connectivity index (χ2v) is 4.21. The molecular formula is C12H19N3O3. The molecule has 0 saturated heterocycles. The van der Waals surface area contributed by atoms with E-state index < -0.39 is 0 Å². The van der Waals surface area contributed by atoms with Gasteiger partial charge in [0, 0.05) is 31.3 Å². The lowest BCUT2D eigenvalue weighted by Crippen LogP contribution is -2.27. The third-order valence-electron chi connectivity index (χ3n) is 2.98. The molecule has 18 heavy (non-hydrogen) atoms. The van der Waals surface area contributed by atoms with Crippen LogP contribution in [-0.4, -0.2) is 35.5 Å². The Hall–Kier alpha value is -1.40. The largest absolute Gasteiger partial charge is 0.376 e. The minimum atomic E-state index is -0.118. The molecule has 1 amide bonds. The van der Waals surface area contributed by atoms with Crippen molar-refractivity contribution in [1.29, 1.82) is 0 Å². The van der Waals surface area contributed by atoms with Gasteiger partial charge in [0.15, 0.2) is 0 Å². The first-order valence-electron chi connectivity index (χ1n) is 6.18. The Kier molecular flexibility index (Phi) is 4.33. The summed E-state index contributed by atoms with van der Waals surface area (Å²) >= 11 is 0. The van der Waals surface area contributed by atoms with Gasteiger partial charge >= 0.3 is 0 Å². The van der Waals surface area contributed by atoms with E-state index in [1.807, 2.05) is 18.7 Å². The molecular weight excluding hydrogens is 234 g/mol. The summed E-state index contributed by atoms with van der Waals surface area (Å²) in [6.45, 7) is 4.25. The molecule has 0 aromatic carbocycles. The van der Waals surface area contributed by atoms with Gasteiger partial charge in [0.1, 0.15) is 6.61 Å². The van der Waals surface area contributed by atoms with E-state index in [-0.39, 0.29) is 12.5 Å². The number of nitrogens with one attached hydrogen (secondary N) is 1. The lowest BCUT2D eigenvalue weighted by molar-refractivity contribution is -0.125. The maximum atomic E-state index is 11.4. The summed E-state index contributed by atoms with van der Waals surface area (Å²) < 4.78 is 12.3. The van der Waals surface area contributed by atoms with E-state index in [9.17, 15) is 4.79 Å². The smallest absolute Gasteiger partial charge is 0.246 e. The number of carbonyl (C=O) groups excluding carboxylic acids is 1. The SMILES string of the molecule is CCOCC(=O)NCc1nn(C)c2c1COCC2. The Morgan fingerprint density at radius 1 is 1.61 bits per heavy atom. The van der Waals surface area contributed by atoms with E-state index in [1.165, 1.54) is 5.69 Å². The van der Waals surface area contributed by atoms with E-state index in [4.69, 9.17) is 9.47 Å². The Bertz CT molecular complexity index is 428. The fourth-order valence-corrected chi connectivity index (χ4v) is 2.06. The van der Waals surface area contributed by atoms with Crippen LogP contribution in [0.25, 0.3) is 0 Å². The predicted molar refractivity (Wildman–Crippen MR) is 64.9 cm³/mol. The van der Waals surface area contributed by atoms with Gasteiger partial charge in [-0.3, -0.25) is 9.48 Å². The third-order valence-corrected chi connectivity index (χ3v) is 2.98. The summed E-state index contributed by atoms with van der Waals surface area (Å²) in [5, 5.41) is 7.23. The van der Waals surface area contributed by atoms with Gasteiger partial charge in [-0.1, -0.05) is 0 Å². The minimum absolute atomic E-state index is 0.0992. The second kappa shape index (κ2) is 5.97. The number of amides is 1. The van der Waals surface area contributed by atoms with Crippen molar-refractivity contribution in [2.75, 3.05) is 19.8 Å². The summed E-state index contributed by atoms with van der Waals surface area (Å²) in [5.41, 5.74) is 3.20. The zero-order valence-electron chi connectivity index (χ0n) is 10.9. The molecule has 2 heterocycles. The molecule has 0 atom stereocenters. The predicted octanol–water partition coefficient (Wildman–Crippen LogP) is 0.146. The lowest BCUT2D eigenvalue weighted by Gasteiger charge is -2.13. The molecule has 6 heteroatoms. The van der Waals surface area contributed by atoms with Crippen molar-refractivity contribution in [1.82, 2.24) is 15.1 Å². The van der Waals surface area contributed by atoms with Crippen molar-refractivity contribution in [3.63, 3.8) is 0 Å². The van der Waals surface area contributed by atoms with E-state index >= 15 is 0 Å². The van der Waals surface area contributed by atoms with Crippen LogP contribution in [0.4, 0.5) is 0 Å². The first-order valence-corrected chi connectivity index (χ1v) is 6.18. The molecule has 0 aliphatic carbocycles. The van der Waals surface area contributed by atoms with Crippen molar-refractivity contribution in [3.8, 4) is 0 Å². The molecule has 0 radical (unpaired) electrons. The number of fused-ring (bicyclic) bond motifs is 1. The number of hydrogen-bond donors (Lipinski definition) is 1. The first kappa shape index (κ1) is 13.0. The Labute approximate surface area is 106 Å². The van der Waals surface area contributed by atoms with E-state index in [0.717, 1.165) is 24.3 Å². The summed E-state index contributed by atoms with van der Waals surface area (Å²) in [6, 6.07) is 0. The summed E-state index contributed by atoms with van der Waals surface area (Å²) in [7, 11) is 1.93. The van der Waals surface area contributed by atoms with Gasteiger partial charge < -0.3 is 14.8 Å². The molecule has 100 valence electrons. The Morgan fingerprint density at radius 2 is 2.44 bits per heavy atom. The number of nitrogens with zero attached hydrogens (tertiary/aromatic N) is 2. The van der Waals surface area contributed by atoms with Crippen LogP contribution in [0.15, 0.2) is 0 Å². The summed E-state index contributed by atoms with van der Waals surface area (Å²) in [5.74, 6) is -0.118. The number of rotatable bonds is 5. The molecule has 0 fully saturated rings. The Balaban J connectivity index is 1.95. The van der Waals surface area contributed by atoms with Crippen molar-refractivity contribution in [3.05, 3.63) is 17.0 Å². The number of aromatic nitrogens is 2. The van der Waals surface area contributed by atoms with Gasteiger partial charge in [0.25, 0.3) is 0 Å². The highest BCUT2D eigenvalue weighted by Gasteiger charge is 2.19. The van der Waals surface area contributed by atoms with Crippen LogP contribution < -0.4 is 5.32 Å². The van der Waals surface area contributed by atoms with E-state index in [2.05, 4.69) is 10.4 Å². The minimum Gasteiger partial charge on any atom is -0.376 e. The van der Waals surface area contributed by atoms with Gasteiger partial charge in [-0.25, -0.2) is 0 Å². The summed E-state index contributed by atoms with van der Waals surface area (Å²) in [4.78, 5) is 11.4. The average Bonchev–Trinajstić information content (AvgIpc) is 2.71. The maximum Gasteiger partial charge on any atom is 0.246 e. The van der Waals surface area contributed by atoms with Crippen molar-refractivity contribution in [2.24, 2.45) is 7.05 Å². The fourth-order valence-electron chi connectivity index (χ4n) is 2.06. The number of ether oxygens (including phenoxy) is 2. The highest BCUT2D eigenvalue weighted by atomic mass is 16.5. The summed E-state index contributed by atoms with van der Waals surface area (Å²) in [6.07, 6.45) is 0.881. The first-order chi connectivity index (χ1) is 8.72. The average molecular weight is 253 g/mol.